The van der Waals surface area contributed by atoms with Crippen molar-refractivity contribution in [2.45, 2.75) is 31.3 Å². The molecule has 0 spiro atoms. The smallest absolute Gasteiger partial charge is 0.341 e. The van der Waals surface area contributed by atoms with Gasteiger partial charge in [0, 0.05) is 42.0 Å². The van der Waals surface area contributed by atoms with Crippen molar-refractivity contribution in [3.63, 3.8) is 0 Å². The van der Waals surface area contributed by atoms with Crippen LogP contribution in [0, 0.1) is 0 Å². The van der Waals surface area contributed by atoms with Crippen LogP contribution in [0.5, 0.6) is 0 Å². The van der Waals surface area contributed by atoms with Crippen LogP contribution in [0.2, 0.25) is 0 Å². The average Bonchev–Trinajstić information content (AvgIpc) is 3.19. The van der Waals surface area contributed by atoms with Crippen LogP contribution < -0.4 is 10.6 Å². The normalized spacial score (nSPS) is 13.1. The Labute approximate surface area is 212 Å². The summed E-state index contributed by atoms with van der Waals surface area (Å²) in [5, 5.41) is 6.22. The second-order valence-electron chi connectivity index (χ2n) is 8.19. The number of thiophene rings is 1. The highest BCUT2D eigenvalue weighted by Gasteiger charge is 2.29. The maximum absolute atomic E-state index is 12.8. The number of thioether (sulfide) groups is 1. The molecule has 1 aliphatic rings. The fourth-order valence-corrected chi connectivity index (χ4v) is 6.07. The summed E-state index contributed by atoms with van der Waals surface area (Å²) in [6, 6.07) is 17.6. The minimum absolute atomic E-state index is 0.149. The fraction of sp³-hybridized carbons (Fsp3) is 0.269. The van der Waals surface area contributed by atoms with Gasteiger partial charge in [0.2, 0.25) is 11.8 Å². The Morgan fingerprint density at radius 2 is 1.89 bits per heavy atom. The molecule has 35 heavy (non-hydrogen) atoms. The molecule has 2 heterocycles. The van der Waals surface area contributed by atoms with E-state index in [9.17, 15) is 14.4 Å². The topological polar surface area (TPSA) is 87.7 Å². The molecule has 0 aliphatic carbocycles. The van der Waals surface area contributed by atoms with Gasteiger partial charge in [0.1, 0.15) is 5.00 Å². The third-order valence-corrected chi connectivity index (χ3v) is 7.68. The zero-order valence-corrected chi connectivity index (χ0v) is 21.3. The van der Waals surface area contributed by atoms with Crippen LogP contribution in [-0.4, -0.2) is 42.1 Å². The number of anilines is 2. The number of nitrogens with one attached hydrogen (secondary N) is 2. The Bertz CT molecular complexity index is 1230. The van der Waals surface area contributed by atoms with Crippen molar-refractivity contribution >= 4 is 51.6 Å². The van der Waals surface area contributed by atoms with E-state index in [0.717, 1.165) is 41.4 Å². The average molecular weight is 510 g/mol. The summed E-state index contributed by atoms with van der Waals surface area (Å²) < 4.78 is 5.04. The Kier molecular flexibility index (Phi) is 8.22. The van der Waals surface area contributed by atoms with Crippen molar-refractivity contribution in [1.29, 1.82) is 0 Å². The number of hydrogen-bond acceptors (Lipinski definition) is 7. The number of methoxy groups -OCH3 is 1. The Hall–Kier alpha value is -3.14. The van der Waals surface area contributed by atoms with Gasteiger partial charge >= 0.3 is 5.97 Å². The largest absolute Gasteiger partial charge is 0.465 e. The lowest BCUT2D eigenvalue weighted by atomic mass is 10.0. The third-order valence-electron chi connectivity index (χ3n) is 5.55. The molecule has 7 nitrogen and oxygen atoms in total. The van der Waals surface area contributed by atoms with E-state index >= 15 is 0 Å². The second kappa shape index (κ2) is 11.5. The minimum atomic E-state index is -0.426. The first-order valence-electron chi connectivity index (χ1n) is 11.2. The lowest BCUT2D eigenvalue weighted by Gasteiger charge is -2.27. The first-order valence-corrected chi connectivity index (χ1v) is 13.0. The molecule has 182 valence electrons. The van der Waals surface area contributed by atoms with Crippen LogP contribution in [0.15, 0.2) is 59.5 Å². The highest BCUT2D eigenvalue weighted by Crippen LogP contribution is 2.38. The number of carbonyl (C=O) groups is 3. The molecule has 9 heteroatoms. The Morgan fingerprint density at radius 1 is 1.09 bits per heavy atom. The zero-order chi connectivity index (χ0) is 24.8. The van der Waals surface area contributed by atoms with Gasteiger partial charge in [0.15, 0.2) is 0 Å². The van der Waals surface area contributed by atoms with E-state index < -0.39 is 5.97 Å². The van der Waals surface area contributed by atoms with Crippen LogP contribution in [0.25, 0.3) is 0 Å². The van der Waals surface area contributed by atoms with Gasteiger partial charge in [-0.25, -0.2) is 4.79 Å². The summed E-state index contributed by atoms with van der Waals surface area (Å²) in [5.41, 5.74) is 3.37. The molecule has 0 unspecified atom stereocenters. The highest BCUT2D eigenvalue weighted by atomic mass is 32.2. The quantitative estimate of drug-likeness (QED) is 0.336. The van der Waals surface area contributed by atoms with E-state index in [-0.39, 0.29) is 17.6 Å². The van der Waals surface area contributed by atoms with Crippen molar-refractivity contribution < 1.29 is 19.1 Å². The van der Waals surface area contributed by atoms with Crippen LogP contribution in [-0.2, 0) is 33.8 Å². The van der Waals surface area contributed by atoms with Gasteiger partial charge in [-0.15, -0.1) is 23.1 Å². The van der Waals surface area contributed by atoms with Crippen LogP contribution >= 0.6 is 23.1 Å². The summed E-state index contributed by atoms with van der Waals surface area (Å²) in [6.07, 6.45) is 0.726. The molecule has 2 aromatic carbocycles. The van der Waals surface area contributed by atoms with Gasteiger partial charge in [-0.2, -0.15) is 0 Å². The summed E-state index contributed by atoms with van der Waals surface area (Å²) in [4.78, 5) is 40.9. The number of benzene rings is 2. The number of nitrogens with zero attached hydrogens (tertiary/aromatic N) is 1. The molecule has 0 atom stereocenters. The molecule has 0 fully saturated rings. The van der Waals surface area contributed by atoms with Gasteiger partial charge in [-0.05, 0) is 35.7 Å². The maximum atomic E-state index is 12.8. The van der Waals surface area contributed by atoms with Gasteiger partial charge in [0.25, 0.3) is 0 Å². The Balaban J connectivity index is 1.44. The molecule has 1 aromatic heterocycles. The third kappa shape index (κ3) is 6.50. The summed E-state index contributed by atoms with van der Waals surface area (Å²) in [6.45, 7) is 3.84. The summed E-state index contributed by atoms with van der Waals surface area (Å²) in [5.74, 6) is -0.605. The van der Waals surface area contributed by atoms with Crippen LogP contribution in [0.3, 0.4) is 0 Å². The van der Waals surface area contributed by atoms with Crippen molar-refractivity contribution in [1.82, 2.24) is 4.90 Å². The van der Waals surface area contributed by atoms with Gasteiger partial charge in [0.05, 0.1) is 18.4 Å². The minimum Gasteiger partial charge on any atom is -0.465 e. The predicted octanol–water partition coefficient (Wildman–Crippen LogP) is 4.78. The SMILES string of the molecule is COC(=O)c1c(NC(=O)CSc2cccc(NC(C)=O)c2)sc2c1CCN(Cc1ccccc1)C2. The lowest BCUT2D eigenvalue weighted by molar-refractivity contribution is -0.114. The lowest BCUT2D eigenvalue weighted by Crippen LogP contribution is -2.29. The molecular weight excluding hydrogens is 482 g/mol. The Morgan fingerprint density at radius 3 is 2.63 bits per heavy atom. The van der Waals surface area contributed by atoms with Crippen LogP contribution in [0.4, 0.5) is 10.7 Å². The number of carbonyl (C=O) groups excluding carboxylic acids is 3. The van der Waals surface area contributed by atoms with Crippen molar-refractivity contribution in [2.75, 3.05) is 30.0 Å². The molecular formula is C26H27N3O4S2. The highest BCUT2D eigenvalue weighted by molar-refractivity contribution is 8.00. The van der Waals surface area contributed by atoms with Crippen molar-refractivity contribution in [3.8, 4) is 0 Å². The first-order chi connectivity index (χ1) is 16.9. The molecule has 2 N–H and O–H groups in total. The van der Waals surface area contributed by atoms with Gasteiger partial charge < -0.3 is 15.4 Å². The molecule has 2 amide bonds. The number of amides is 2. The summed E-state index contributed by atoms with van der Waals surface area (Å²) in [7, 11) is 1.36. The van der Waals surface area contributed by atoms with E-state index in [0.29, 0.717) is 16.3 Å². The molecule has 0 radical (unpaired) electrons. The van der Waals surface area contributed by atoms with Crippen molar-refractivity contribution in [3.05, 3.63) is 76.2 Å². The van der Waals surface area contributed by atoms with E-state index in [1.165, 1.54) is 42.7 Å². The molecule has 4 rings (SSSR count). The van der Waals surface area contributed by atoms with Gasteiger partial charge in [-0.3, -0.25) is 14.5 Å². The number of ether oxygens (including phenoxy) is 1. The number of fused-ring (bicyclic) bond motifs is 1. The molecule has 0 bridgehead atoms. The predicted molar refractivity (Wildman–Crippen MR) is 140 cm³/mol. The fourth-order valence-electron chi connectivity index (χ4n) is 4.02. The zero-order valence-electron chi connectivity index (χ0n) is 19.6. The number of esters is 1. The number of hydrogen-bond donors (Lipinski definition) is 2. The van der Waals surface area contributed by atoms with E-state index in [4.69, 9.17) is 4.74 Å². The molecule has 0 saturated carbocycles. The van der Waals surface area contributed by atoms with Crippen molar-refractivity contribution in [2.24, 2.45) is 0 Å². The maximum Gasteiger partial charge on any atom is 0.341 e. The molecule has 3 aromatic rings. The van der Waals surface area contributed by atoms with E-state index in [1.54, 1.807) is 6.07 Å². The second-order valence-corrected chi connectivity index (χ2v) is 10.3. The summed E-state index contributed by atoms with van der Waals surface area (Å²) >= 11 is 2.81. The molecule has 0 saturated heterocycles. The monoisotopic (exact) mass is 509 g/mol. The van der Waals surface area contributed by atoms with Crippen LogP contribution in [0.1, 0.15) is 33.3 Å². The first kappa shape index (κ1) is 25.0. The van der Waals surface area contributed by atoms with E-state index in [1.807, 2.05) is 36.4 Å². The standard InChI is InChI=1S/C26H27N3O4S2/c1-17(30)27-19-9-6-10-20(13-19)34-16-23(31)28-25-24(26(32)33-2)21-11-12-29(15-22(21)35-25)14-18-7-4-3-5-8-18/h3-10,13H,11-12,14-16H2,1-2H3,(H,27,30)(H,28,31). The van der Waals surface area contributed by atoms with E-state index in [2.05, 4.69) is 27.7 Å². The number of rotatable bonds is 8. The van der Waals surface area contributed by atoms with Gasteiger partial charge in [-0.1, -0.05) is 36.4 Å². The molecule has 1 aliphatic heterocycles.